The van der Waals surface area contributed by atoms with Gasteiger partial charge in [-0.1, -0.05) is 132 Å². The van der Waals surface area contributed by atoms with Crippen LogP contribution in [0.1, 0.15) is 213 Å². The lowest BCUT2D eigenvalue weighted by atomic mass is 10.2. The largest absolute Gasteiger partial charge is 0.463 e. The normalized spacial score (nSPS) is 17.4. The molecule has 43 heteroatoms. The molecule has 0 heterocycles. The number of alkyl halides is 5. The van der Waals surface area contributed by atoms with E-state index in [2.05, 4.69) is 65.9 Å². The molecule has 0 aromatic carbocycles. The zero-order valence-corrected chi connectivity index (χ0v) is 85.3. The van der Waals surface area contributed by atoms with Crippen molar-refractivity contribution in [2.75, 3.05) is 80.9 Å². The van der Waals surface area contributed by atoms with Crippen molar-refractivity contribution < 1.29 is 94.1 Å². The van der Waals surface area contributed by atoms with Gasteiger partial charge in [-0.15, -0.1) is 0 Å². The quantitative estimate of drug-likeness (QED) is 0.0449. The van der Waals surface area contributed by atoms with Crippen molar-refractivity contribution in [3.8, 4) is 0 Å². The molecule has 0 aromatic rings. The fourth-order valence-corrected chi connectivity index (χ4v) is 13.7. The first kappa shape index (κ1) is 134. The zero-order chi connectivity index (χ0) is 94.0. The molecular weight excluding hydrogens is 1710 g/mol. The summed E-state index contributed by atoms with van der Waals surface area (Å²) in [6.07, 6.45) is 8.00. The predicted molar refractivity (Wildman–Crippen MR) is 497 cm³/mol. The number of hydrogen-bond donors (Lipinski definition) is 5. The minimum atomic E-state index is -4.67. The molecule has 0 saturated heterocycles. The van der Waals surface area contributed by atoms with Crippen LogP contribution in [0.5, 0.6) is 0 Å². The zero-order valence-electron chi connectivity index (χ0n) is 75.5. The second-order valence-corrected chi connectivity index (χ2v) is 61.5. The SMILES string of the molecule is C=S(=O)(C(C)C)C(F)(F)F.C=S(=O)(C(C)C)C(F)F.C=S(=O)(C(C)C)C1CC1.C=S(=O)(C(C)C)N(C)C.C=S(=O)(CC)C(C)C.C=S(=O)(NC)C(C)C.C=S(C)(=O)C(C)C.C=S(N)(=O)C(C)C.CC(C)C(=O)N(C)C.CC(C)N(C)S(=O)(=O)C1CC1.CC(C)N(C)S(C)(=O)=O.CC(C)NS(C)(=O)=O.CNS(=O)(=O)NC(C)C. The lowest BCUT2D eigenvalue weighted by Gasteiger charge is -2.20. The Kier molecular flexibility index (Phi) is 70.2. The summed E-state index contributed by atoms with van der Waals surface area (Å²) in [5, 5.41) is 4.94. The second kappa shape index (κ2) is 58.7. The monoisotopic (exact) mass is 1870 g/mol. The number of nitrogens with one attached hydrogen (secondary N) is 4. The third kappa shape index (κ3) is 71.7. The number of halogens is 5. The second-order valence-electron chi connectivity index (χ2n) is 30.2. The van der Waals surface area contributed by atoms with Crippen LogP contribution in [0.4, 0.5) is 22.0 Å². The summed E-state index contributed by atoms with van der Waals surface area (Å²) in [4.78, 5) is 12.4. The van der Waals surface area contributed by atoms with Gasteiger partial charge in [0.2, 0.25) is 36.0 Å². The number of nitrogens with zero attached hydrogens (tertiary/aromatic N) is 4. The fraction of sp³-hybridized carbons (Fsp3) is 0.870. The molecule has 2 saturated carbocycles. The summed E-state index contributed by atoms with van der Waals surface area (Å²) in [5.74, 6) is 25.1. The van der Waals surface area contributed by atoms with E-state index in [4.69, 9.17) is 5.14 Å². The average Bonchev–Trinajstić information content (AvgIpc) is 1.56. The number of nitrogens with two attached hydrogens (primary N) is 1. The molecule has 0 spiro atoms. The maximum absolute atomic E-state index is 11.7. The molecule has 0 aromatic heterocycles. The molecule has 0 aliphatic heterocycles. The third-order valence-corrected chi connectivity index (χ3v) is 40.2. The van der Waals surface area contributed by atoms with E-state index in [1.54, 1.807) is 106 Å². The molecular formula is C69H162F5N9O17S12. The molecule has 2 aliphatic carbocycles. The van der Waals surface area contributed by atoms with Gasteiger partial charge in [-0.3, -0.25) is 43.6 Å². The van der Waals surface area contributed by atoms with Crippen LogP contribution in [-0.2, 0) is 122 Å². The van der Waals surface area contributed by atoms with E-state index in [9.17, 15) is 94.1 Å². The van der Waals surface area contributed by atoms with E-state index < -0.39 is 139 Å². The predicted octanol–water partition coefficient (Wildman–Crippen LogP) is 8.16. The van der Waals surface area contributed by atoms with Crippen LogP contribution < -0.4 is 24.0 Å². The summed E-state index contributed by atoms with van der Waals surface area (Å²) in [7, 11) is -17.2. The van der Waals surface area contributed by atoms with Crippen LogP contribution in [-0.4, -0.2) is 307 Å². The van der Waals surface area contributed by atoms with Crippen molar-refractivity contribution in [1.29, 1.82) is 0 Å². The minimum absolute atomic E-state index is 0.00463. The van der Waals surface area contributed by atoms with Crippen molar-refractivity contribution >= 4 is 170 Å². The Morgan fingerprint density at radius 1 is 0.464 bits per heavy atom. The third-order valence-electron chi connectivity index (χ3n) is 15.1. The summed E-state index contributed by atoms with van der Waals surface area (Å²) in [6, 6.07) is 0.0908. The molecule has 1 amide bonds. The maximum atomic E-state index is 11.7. The summed E-state index contributed by atoms with van der Waals surface area (Å²) >= 11 is 0. The Morgan fingerprint density at radius 3 is 0.830 bits per heavy atom. The first-order valence-electron chi connectivity index (χ1n) is 35.7. The molecule has 8 unspecified atom stereocenters. The molecule has 2 rings (SSSR count). The van der Waals surface area contributed by atoms with Crippen molar-refractivity contribution in [3.63, 3.8) is 0 Å². The van der Waals surface area contributed by atoms with Crippen LogP contribution >= 0.6 is 0 Å². The lowest BCUT2D eigenvalue weighted by molar-refractivity contribution is -0.131. The molecule has 2 aliphatic rings. The molecule has 6 N–H and O–H groups in total. The Bertz CT molecular complexity index is 3790. The first-order valence-corrected chi connectivity index (χ1v) is 57.5. The highest BCUT2D eigenvalue weighted by Crippen LogP contribution is 2.32. The van der Waals surface area contributed by atoms with Gasteiger partial charge >= 0.3 is 11.3 Å². The van der Waals surface area contributed by atoms with Gasteiger partial charge in [0.25, 0.3) is 10.2 Å². The van der Waals surface area contributed by atoms with E-state index in [1.807, 2.05) is 118 Å². The van der Waals surface area contributed by atoms with Gasteiger partial charge in [-0.25, -0.2) is 52.3 Å². The van der Waals surface area contributed by atoms with Crippen LogP contribution in [0.2, 0.25) is 0 Å². The molecule has 2 fully saturated rings. The molecule has 0 bridgehead atoms. The van der Waals surface area contributed by atoms with Gasteiger partial charge in [0, 0.05) is 163 Å². The van der Waals surface area contributed by atoms with Gasteiger partial charge in [0.15, 0.2) is 0 Å². The molecule has 26 nitrogen and oxygen atoms in total. The van der Waals surface area contributed by atoms with Crippen molar-refractivity contribution in [1.82, 2.24) is 36.7 Å². The number of sulfonamides is 3. The number of carbonyl (C=O) groups is 1. The lowest BCUT2D eigenvalue weighted by Crippen LogP contribution is -2.38. The van der Waals surface area contributed by atoms with E-state index >= 15 is 0 Å². The highest BCUT2D eigenvalue weighted by Gasteiger charge is 2.41. The van der Waals surface area contributed by atoms with Crippen molar-refractivity contribution in [3.05, 3.63) is 0 Å². The standard InChI is InChI=1S/C7H15NO2S.C7H14OS.C6H15NOS.C6H13NO.C6H14OS.C5H9F3OS.C5H10F2OS.C5H13NO2S.C5H13NOS.C5H12OS.C4H12N2O2S.C4H11NO2S.C4H11NOS/c1-6(2)8(3)11(9,10)7-4-5-7;1-6(2)9(3,8)7-4-5-7;1-6(2)9(5,8)7(3)4;1-5(2)6(8)7(3)4;1-5-8(4,7)6(2)3;1-4(2)10(3,9)5(6,7)8;1-4(2)9(3,8)5(6)7;1-5(2)6(3)9(4,7)8;1-5(2)8(4,7)6-3;1-5(2)7(3,4)6;1-4(2)6-9(7,8)5-3;1-4(2)5-8(3,6)7;1-4(2)7(3,5)6/h6-7H,4-5H2,1-3H3;6-7H,3-5H2,1-2H3;6H,5H2,1-4H3;5H,1-4H3;6H,4-5H2,1-3H3;4H,3H2,1-2H3;4-5H,3H2,1-2H3;5H,1-4H3;5H,4H2,1-3H3,(H,6,7);5H,3H2,1-2,4H3;4-6H,1-3H3;4-5H,1-3H3;4H,3H2,1-2H3,(H2,5,6). The Balaban J connectivity index is -0.000000110. The average molecular weight is 1870 g/mol. The molecule has 692 valence electrons. The van der Waals surface area contributed by atoms with Gasteiger partial charge in [0.05, 0.1) is 27.3 Å². The summed E-state index contributed by atoms with van der Waals surface area (Å²) < 4.78 is 247. The number of hydrogen-bond acceptors (Lipinski definition) is 17. The highest BCUT2D eigenvalue weighted by atomic mass is 32.2. The minimum Gasteiger partial charge on any atom is -0.349 e. The van der Waals surface area contributed by atoms with E-state index in [-0.39, 0.29) is 72.7 Å². The van der Waals surface area contributed by atoms with Gasteiger partial charge in [-0.05, 0) is 178 Å². The van der Waals surface area contributed by atoms with E-state index in [1.165, 1.54) is 49.6 Å². The fourth-order valence-electron chi connectivity index (χ4n) is 4.91. The van der Waals surface area contributed by atoms with Crippen LogP contribution in [0.25, 0.3) is 0 Å². The van der Waals surface area contributed by atoms with E-state index in [0.29, 0.717) is 11.0 Å². The Labute approximate surface area is 687 Å². The van der Waals surface area contributed by atoms with Crippen LogP contribution in [0, 0.1) is 5.92 Å². The highest BCUT2D eigenvalue weighted by molar-refractivity contribution is 8.03. The summed E-state index contributed by atoms with van der Waals surface area (Å²) in [5.41, 5.74) is -4.67. The Hall–Kier alpha value is -1.24. The van der Waals surface area contributed by atoms with Gasteiger partial charge < -0.3 is 4.90 Å². The van der Waals surface area contributed by atoms with Crippen LogP contribution in [0.15, 0.2) is 0 Å². The van der Waals surface area contributed by atoms with Gasteiger partial charge in [0.1, 0.15) is 0 Å². The molecule has 0 radical (unpaired) electrons. The van der Waals surface area contributed by atoms with Gasteiger partial charge in [-0.2, -0.15) is 35.1 Å². The first-order chi connectivity index (χ1) is 48.7. The topological polar surface area (TPSA) is 377 Å². The van der Waals surface area contributed by atoms with Crippen molar-refractivity contribution in [2.24, 2.45) is 11.1 Å². The maximum Gasteiger partial charge on any atom is 0.463 e. The Morgan fingerprint density at radius 2 is 0.786 bits per heavy atom. The van der Waals surface area contributed by atoms with E-state index in [0.717, 1.165) is 31.9 Å². The van der Waals surface area contributed by atoms with Crippen molar-refractivity contribution in [2.45, 2.75) is 301 Å². The molecule has 8 atom stereocenters. The molecule has 112 heavy (non-hydrogen) atoms. The van der Waals surface area contributed by atoms with Crippen LogP contribution in [0.3, 0.4) is 0 Å². The number of rotatable bonds is 24. The summed E-state index contributed by atoms with van der Waals surface area (Å²) in [6.45, 7) is 48.5. The number of amides is 1. The number of carbonyl (C=O) groups excluding carboxylic acids is 1. The smallest absolute Gasteiger partial charge is 0.349 e.